The van der Waals surface area contributed by atoms with Crippen LogP contribution in [0, 0.1) is 0 Å². The molecule has 2 aromatic heterocycles. The fraction of sp³-hybridized carbons (Fsp3) is 0. The lowest BCUT2D eigenvalue weighted by atomic mass is 10.00. The quantitative estimate of drug-likeness (QED) is 0.181. The van der Waals surface area contributed by atoms with Crippen molar-refractivity contribution in [2.24, 2.45) is 0 Å². The van der Waals surface area contributed by atoms with E-state index in [0.29, 0.717) is 0 Å². The van der Waals surface area contributed by atoms with Gasteiger partial charge in [0.05, 0.1) is 11.0 Å². The van der Waals surface area contributed by atoms with Gasteiger partial charge in [0.15, 0.2) is 0 Å². The van der Waals surface area contributed by atoms with E-state index in [0.717, 1.165) is 17.1 Å². The van der Waals surface area contributed by atoms with Gasteiger partial charge < -0.3 is 9.30 Å². The van der Waals surface area contributed by atoms with E-state index in [-0.39, 0.29) is 0 Å². The number of hydrogen-bond donors (Lipinski definition) is 0. The van der Waals surface area contributed by atoms with E-state index in [1.54, 1.807) is 0 Å². The highest BCUT2D eigenvalue weighted by molar-refractivity contribution is 6.15. The van der Waals surface area contributed by atoms with Crippen LogP contribution < -0.4 is 4.90 Å². The zero-order valence-electron chi connectivity index (χ0n) is 26.4. The molecule has 48 heavy (non-hydrogen) atoms. The summed E-state index contributed by atoms with van der Waals surface area (Å²) in [4.78, 5) is 2.36. The summed E-state index contributed by atoms with van der Waals surface area (Å²) in [6.45, 7) is 0. The number of para-hydroxylation sites is 1. The van der Waals surface area contributed by atoms with E-state index in [2.05, 4.69) is 204 Å². The molecule has 226 valence electrons. The Labute approximate surface area is 280 Å². The molecule has 2 heteroatoms. The van der Waals surface area contributed by atoms with Gasteiger partial charge in [-0.3, -0.25) is 0 Å². The van der Waals surface area contributed by atoms with Crippen LogP contribution in [-0.2, 0) is 0 Å². The number of anilines is 3. The fourth-order valence-electron chi connectivity index (χ4n) is 7.09. The van der Waals surface area contributed by atoms with Crippen LogP contribution in [0.3, 0.4) is 0 Å². The van der Waals surface area contributed by atoms with Crippen LogP contribution in [0.1, 0.15) is 0 Å². The summed E-state index contributed by atoms with van der Waals surface area (Å²) >= 11 is 0. The number of fused-ring (bicyclic) bond motifs is 5. The topological polar surface area (TPSA) is 7.65 Å². The van der Waals surface area contributed by atoms with Crippen LogP contribution >= 0.6 is 0 Å². The van der Waals surface area contributed by atoms with Crippen molar-refractivity contribution in [3.63, 3.8) is 0 Å². The zero-order valence-corrected chi connectivity index (χ0v) is 26.4. The molecule has 0 fully saturated rings. The van der Waals surface area contributed by atoms with E-state index in [9.17, 15) is 0 Å². The molecule has 0 radical (unpaired) electrons. The second-order valence-electron chi connectivity index (χ2n) is 12.2. The highest BCUT2D eigenvalue weighted by Gasteiger charge is 2.18. The molecule has 0 aliphatic heterocycles. The van der Waals surface area contributed by atoms with Crippen LogP contribution in [0.4, 0.5) is 17.1 Å². The van der Waals surface area contributed by atoms with E-state index >= 15 is 0 Å². The summed E-state index contributed by atoms with van der Waals surface area (Å²) in [6.07, 6.45) is 2.23. The van der Waals surface area contributed by atoms with Gasteiger partial charge in [-0.25, -0.2) is 0 Å². The van der Waals surface area contributed by atoms with Crippen molar-refractivity contribution < 1.29 is 0 Å². The SMILES string of the molecule is c1ccc(-c2ccc(N(c3ccc(-c4ccccc4)cc3)c3ccc4c(ccn5c6ccccc6c(-c6ccccc6)c45)c3)cc2)cc1. The molecule has 0 saturated heterocycles. The normalized spacial score (nSPS) is 11.3. The third-order valence-corrected chi connectivity index (χ3v) is 9.39. The Kier molecular flexibility index (Phi) is 6.84. The van der Waals surface area contributed by atoms with Crippen molar-refractivity contribution in [3.05, 3.63) is 194 Å². The summed E-state index contributed by atoms with van der Waals surface area (Å²) in [5.41, 5.74) is 13.1. The largest absolute Gasteiger partial charge is 0.315 e. The van der Waals surface area contributed by atoms with Crippen LogP contribution in [0.2, 0.25) is 0 Å². The van der Waals surface area contributed by atoms with E-state index in [1.165, 1.54) is 60.6 Å². The second-order valence-corrected chi connectivity index (χ2v) is 12.2. The van der Waals surface area contributed by atoms with Gasteiger partial charge in [0, 0.05) is 39.6 Å². The maximum absolute atomic E-state index is 2.36. The Bertz CT molecular complexity index is 2430. The van der Waals surface area contributed by atoms with Crippen molar-refractivity contribution in [2.75, 3.05) is 4.90 Å². The average molecular weight is 613 g/mol. The maximum atomic E-state index is 2.36. The van der Waals surface area contributed by atoms with Gasteiger partial charge >= 0.3 is 0 Å². The van der Waals surface area contributed by atoms with Gasteiger partial charge in [0.2, 0.25) is 0 Å². The van der Waals surface area contributed by atoms with E-state index in [1.807, 2.05) is 0 Å². The van der Waals surface area contributed by atoms with Crippen molar-refractivity contribution in [1.82, 2.24) is 4.40 Å². The zero-order chi connectivity index (χ0) is 31.9. The number of nitrogens with zero attached hydrogens (tertiary/aromatic N) is 2. The molecule has 0 N–H and O–H groups in total. The molecule has 0 aliphatic rings. The Morgan fingerprint density at radius 1 is 0.354 bits per heavy atom. The average Bonchev–Trinajstić information content (AvgIpc) is 3.51. The predicted octanol–water partition coefficient (Wildman–Crippen LogP) is 12.7. The number of aromatic nitrogens is 1. The van der Waals surface area contributed by atoms with E-state index in [4.69, 9.17) is 0 Å². The standard InChI is InChI=1S/C46H32N2/c1-4-12-33(13-5-1)35-20-24-39(25-21-35)48(40-26-22-36(23-27-40)34-14-6-2-7-15-34)41-28-29-42-38(32-41)30-31-47-44-19-11-10-18-43(44)45(46(42)47)37-16-8-3-9-17-37/h1-32H. The minimum Gasteiger partial charge on any atom is -0.315 e. The van der Waals surface area contributed by atoms with E-state index < -0.39 is 0 Å². The maximum Gasteiger partial charge on any atom is 0.0619 e. The van der Waals surface area contributed by atoms with Gasteiger partial charge in [0.1, 0.15) is 0 Å². The molecule has 9 rings (SSSR count). The molecule has 0 amide bonds. The summed E-state index contributed by atoms with van der Waals surface area (Å²) < 4.78 is 2.35. The minimum absolute atomic E-state index is 1.11. The molecular formula is C46H32N2. The lowest BCUT2D eigenvalue weighted by Gasteiger charge is -2.26. The van der Waals surface area contributed by atoms with Gasteiger partial charge in [-0.05, 0) is 81.7 Å². The molecule has 0 saturated carbocycles. The van der Waals surface area contributed by atoms with Gasteiger partial charge in [-0.2, -0.15) is 0 Å². The Morgan fingerprint density at radius 3 is 1.42 bits per heavy atom. The van der Waals surface area contributed by atoms with Crippen LogP contribution in [0.15, 0.2) is 194 Å². The molecule has 0 spiro atoms. The molecule has 2 nitrogen and oxygen atoms in total. The fourth-order valence-corrected chi connectivity index (χ4v) is 7.09. The van der Waals surface area contributed by atoms with Crippen LogP contribution in [0.5, 0.6) is 0 Å². The summed E-state index contributed by atoms with van der Waals surface area (Å²) in [5.74, 6) is 0. The Morgan fingerprint density at radius 2 is 0.833 bits per heavy atom. The summed E-state index contributed by atoms with van der Waals surface area (Å²) in [5, 5.41) is 3.70. The predicted molar refractivity (Wildman–Crippen MR) is 203 cm³/mol. The molecule has 9 aromatic rings. The molecular weight excluding hydrogens is 581 g/mol. The first-order valence-corrected chi connectivity index (χ1v) is 16.4. The van der Waals surface area contributed by atoms with Crippen molar-refractivity contribution >= 4 is 44.3 Å². The third kappa shape index (κ3) is 4.83. The summed E-state index contributed by atoms with van der Waals surface area (Å²) in [7, 11) is 0. The highest BCUT2D eigenvalue weighted by Crippen LogP contribution is 2.42. The third-order valence-electron chi connectivity index (χ3n) is 9.39. The monoisotopic (exact) mass is 612 g/mol. The Hall–Kier alpha value is -6.38. The number of pyridine rings is 1. The highest BCUT2D eigenvalue weighted by atomic mass is 15.1. The molecule has 0 atom stereocenters. The first kappa shape index (κ1) is 27.9. The summed E-state index contributed by atoms with van der Waals surface area (Å²) in [6, 6.07) is 67.6. The van der Waals surface area contributed by atoms with Crippen molar-refractivity contribution in [1.29, 1.82) is 0 Å². The number of benzene rings is 7. The molecule has 0 bridgehead atoms. The number of hydrogen-bond acceptors (Lipinski definition) is 1. The van der Waals surface area contributed by atoms with Gasteiger partial charge in [-0.1, -0.05) is 140 Å². The van der Waals surface area contributed by atoms with Gasteiger partial charge in [0.25, 0.3) is 0 Å². The van der Waals surface area contributed by atoms with Crippen LogP contribution in [-0.4, -0.2) is 4.40 Å². The first-order chi connectivity index (χ1) is 23.8. The molecule has 2 heterocycles. The van der Waals surface area contributed by atoms with Crippen molar-refractivity contribution in [2.45, 2.75) is 0 Å². The minimum atomic E-state index is 1.11. The van der Waals surface area contributed by atoms with Crippen molar-refractivity contribution in [3.8, 4) is 33.4 Å². The molecule has 7 aromatic carbocycles. The lowest BCUT2D eigenvalue weighted by molar-refractivity contribution is 1.26. The lowest BCUT2D eigenvalue weighted by Crippen LogP contribution is -2.10. The molecule has 0 aliphatic carbocycles. The molecule has 0 unspecified atom stereocenters. The smallest absolute Gasteiger partial charge is 0.0619 e. The Balaban J connectivity index is 1.21. The van der Waals surface area contributed by atoms with Gasteiger partial charge in [-0.15, -0.1) is 0 Å². The van der Waals surface area contributed by atoms with Crippen LogP contribution in [0.25, 0.3) is 60.6 Å². The first-order valence-electron chi connectivity index (χ1n) is 16.4. The number of rotatable bonds is 6. The second kappa shape index (κ2) is 11.8.